The van der Waals surface area contributed by atoms with Crippen molar-refractivity contribution in [2.24, 2.45) is 0 Å². The Labute approximate surface area is 136 Å². The molecule has 0 amide bonds. The van der Waals surface area contributed by atoms with E-state index in [0.717, 1.165) is 0 Å². The van der Waals surface area contributed by atoms with Gasteiger partial charge in [0.05, 0.1) is 23.8 Å². The molecule has 2 heterocycles. The number of alkyl halides is 1. The molecule has 132 valence electrons. The Balaban J connectivity index is 2.09. The molecule has 0 aromatic carbocycles. The predicted octanol–water partition coefficient (Wildman–Crippen LogP) is 0.437. The molecule has 0 spiro atoms. The maximum absolute atomic E-state index is 12.2. The van der Waals surface area contributed by atoms with Gasteiger partial charge in [-0.3, -0.25) is 8.94 Å². The van der Waals surface area contributed by atoms with Crippen molar-refractivity contribution in [3.63, 3.8) is 0 Å². The zero-order valence-electron chi connectivity index (χ0n) is 12.4. The number of halogens is 1. The van der Waals surface area contributed by atoms with Crippen molar-refractivity contribution in [2.75, 3.05) is 6.67 Å². The molecule has 0 fully saturated rings. The van der Waals surface area contributed by atoms with Crippen LogP contribution in [-0.2, 0) is 23.2 Å². The van der Waals surface area contributed by atoms with Crippen molar-refractivity contribution < 1.29 is 22.3 Å². The second kappa shape index (κ2) is 7.44. The van der Waals surface area contributed by atoms with Crippen molar-refractivity contribution in [1.82, 2.24) is 24.5 Å². The Morgan fingerprint density at radius 3 is 2.83 bits per heavy atom. The fourth-order valence-electron chi connectivity index (χ4n) is 2.14. The highest BCUT2D eigenvalue weighted by Gasteiger charge is 2.24. The molecule has 1 atom stereocenters. The van der Waals surface area contributed by atoms with Crippen LogP contribution in [-0.4, -0.2) is 54.4 Å². The third-order valence-corrected chi connectivity index (χ3v) is 4.50. The van der Waals surface area contributed by atoms with Gasteiger partial charge in [-0.25, -0.2) is 9.25 Å². The van der Waals surface area contributed by atoms with E-state index in [-0.39, 0.29) is 37.6 Å². The fraction of sp³-hybridized carbons (Fsp3) is 0.545. The van der Waals surface area contributed by atoms with Gasteiger partial charge >= 0.3 is 5.95 Å². The normalized spacial score (nSPS) is 13.1. The standard InChI is InChI=1S/C11H15FN6O5S/c12-3-1-2-10(24(21,22)23)6-9-7-17(15-14-9)8-16-5-4-13-11(16)18(19)20/h4-5,7,10H,1-3,6,8H2,(H,21,22,23)/i12-1. The number of imidazole rings is 1. The van der Waals surface area contributed by atoms with Crippen molar-refractivity contribution >= 4 is 16.1 Å². The first-order chi connectivity index (χ1) is 11.3. The fourth-order valence-corrected chi connectivity index (χ4v) is 2.98. The Bertz CT molecular complexity index is 803. The van der Waals surface area contributed by atoms with Gasteiger partial charge in [0.15, 0.2) is 6.67 Å². The second-order valence-corrected chi connectivity index (χ2v) is 6.71. The molecule has 24 heavy (non-hydrogen) atoms. The summed E-state index contributed by atoms with van der Waals surface area (Å²) in [6, 6.07) is 0. The average Bonchev–Trinajstić information content (AvgIpc) is 3.12. The van der Waals surface area contributed by atoms with Crippen LogP contribution in [0.1, 0.15) is 18.5 Å². The third-order valence-electron chi connectivity index (χ3n) is 3.26. The van der Waals surface area contributed by atoms with Crippen LogP contribution in [0.15, 0.2) is 18.6 Å². The van der Waals surface area contributed by atoms with Crippen LogP contribution in [0.25, 0.3) is 0 Å². The van der Waals surface area contributed by atoms with E-state index in [1.54, 1.807) is 0 Å². The van der Waals surface area contributed by atoms with Crippen LogP contribution >= 0.6 is 0 Å². The Morgan fingerprint density at radius 1 is 1.46 bits per heavy atom. The molecular weight excluding hydrogens is 346 g/mol. The molecule has 2 aromatic heterocycles. The summed E-state index contributed by atoms with van der Waals surface area (Å²) in [4.78, 5) is 13.7. The van der Waals surface area contributed by atoms with E-state index in [1.165, 1.54) is 27.8 Å². The lowest BCUT2D eigenvalue weighted by Crippen LogP contribution is -2.23. The third kappa shape index (κ3) is 4.55. The first kappa shape index (κ1) is 17.9. The van der Waals surface area contributed by atoms with Crippen molar-refractivity contribution in [1.29, 1.82) is 0 Å². The number of rotatable bonds is 9. The summed E-state index contributed by atoms with van der Waals surface area (Å²) in [6.45, 7) is -0.729. The van der Waals surface area contributed by atoms with E-state index in [0.29, 0.717) is 0 Å². The van der Waals surface area contributed by atoms with Crippen LogP contribution in [0.5, 0.6) is 0 Å². The summed E-state index contributed by atoms with van der Waals surface area (Å²) >= 11 is 0. The summed E-state index contributed by atoms with van der Waals surface area (Å²) in [5.74, 6) is -0.370. The van der Waals surface area contributed by atoms with Crippen LogP contribution in [0.2, 0.25) is 0 Å². The number of nitro groups is 1. The van der Waals surface area contributed by atoms with Crippen molar-refractivity contribution in [3.8, 4) is 0 Å². The summed E-state index contributed by atoms with van der Waals surface area (Å²) in [6.07, 6.45) is 3.88. The molecule has 2 aromatic rings. The molecule has 0 aliphatic rings. The number of hydrogen-bond donors (Lipinski definition) is 1. The largest absolute Gasteiger partial charge is 0.436 e. The topological polar surface area (TPSA) is 146 Å². The van der Waals surface area contributed by atoms with Gasteiger partial charge in [0, 0.05) is 6.42 Å². The van der Waals surface area contributed by atoms with E-state index in [9.17, 15) is 27.5 Å². The van der Waals surface area contributed by atoms with Crippen LogP contribution < -0.4 is 0 Å². The quantitative estimate of drug-likeness (QED) is 0.384. The summed E-state index contributed by atoms with van der Waals surface area (Å²) in [5, 5.41) is 17.1. The van der Waals surface area contributed by atoms with Gasteiger partial charge in [-0.1, -0.05) is 10.2 Å². The summed E-state index contributed by atoms with van der Waals surface area (Å²) in [5.41, 5.74) is 0.263. The van der Waals surface area contributed by atoms with Crippen LogP contribution in [0.4, 0.5) is 10.3 Å². The molecule has 0 aliphatic carbocycles. The molecule has 2 rings (SSSR count). The average molecular weight is 361 g/mol. The predicted molar refractivity (Wildman–Crippen MR) is 78.6 cm³/mol. The molecule has 11 nitrogen and oxygen atoms in total. The van der Waals surface area contributed by atoms with Gasteiger partial charge in [0.1, 0.15) is 12.4 Å². The van der Waals surface area contributed by atoms with Crippen LogP contribution in [0, 0.1) is 10.1 Å². The Morgan fingerprint density at radius 2 is 2.21 bits per heavy atom. The highest BCUT2D eigenvalue weighted by atomic mass is 32.2. The molecule has 13 heteroatoms. The number of aromatic nitrogens is 5. The van der Waals surface area contributed by atoms with Crippen molar-refractivity contribution in [3.05, 3.63) is 34.4 Å². The number of hydrogen-bond acceptors (Lipinski definition) is 7. The van der Waals surface area contributed by atoms with Gasteiger partial charge in [0.25, 0.3) is 10.1 Å². The van der Waals surface area contributed by atoms with E-state index in [4.69, 9.17) is 0 Å². The smallest absolute Gasteiger partial charge is 0.390 e. The van der Waals surface area contributed by atoms with Crippen LogP contribution in [0.3, 0.4) is 0 Å². The zero-order valence-corrected chi connectivity index (χ0v) is 13.2. The van der Waals surface area contributed by atoms with E-state index in [2.05, 4.69) is 15.3 Å². The lowest BCUT2D eigenvalue weighted by molar-refractivity contribution is -0.396. The number of nitrogens with zero attached hydrogens (tertiary/aromatic N) is 6. The summed E-state index contributed by atoms with van der Waals surface area (Å²) < 4.78 is 46.5. The minimum absolute atomic E-state index is 0.000173. The maximum atomic E-state index is 12.2. The monoisotopic (exact) mass is 361 g/mol. The molecule has 0 bridgehead atoms. The Hall–Kier alpha value is -2.41. The van der Waals surface area contributed by atoms with E-state index < -0.39 is 27.0 Å². The molecule has 0 radical (unpaired) electrons. The lowest BCUT2D eigenvalue weighted by Gasteiger charge is -2.10. The first-order valence-electron chi connectivity index (χ1n) is 6.88. The van der Waals surface area contributed by atoms with Gasteiger partial charge in [-0.2, -0.15) is 8.42 Å². The highest BCUT2D eigenvalue weighted by molar-refractivity contribution is 7.86. The Kier molecular flexibility index (Phi) is 5.56. The first-order valence-corrected chi connectivity index (χ1v) is 8.38. The molecule has 1 N–H and O–H groups in total. The molecule has 0 saturated heterocycles. The van der Waals surface area contributed by atoms with Crippen molar-refractivity contribution in [2.45, 2.75) is 31.2 Å². The van der Waals surface area contributed by atoms with E-state index >= 15 is 0 Å². The summed E-state index contributed by atoms with van der Waals surface area (Å²) in [7, 11) is -4.34. The molecular formula is C11H15FN6O5S. The highest BCUT2D eigenvalue weighted by Crippen LogP contribution is 2.14. The minimum Gasteiger partial charge on any atom is -0.390 e. The van der Waals surface area contributed by atoms with Gasteiger partial charge in [0.2, 0.25) is 0 Å². The van der Waals surface area contributed by atoms with E-state index in [1.807, 2.05) is 0 Å². The molecule has 0 aliphatic heterocycles. The maximum Gasteiger partial charge on any atom is 0.436 e. The lowest BCUT2D eigenvalue weighted by atomic mass is 10.1. The second-order valence-electron chi connectivity index (χ2n) is 5.02. The molecule has 0 saturated carbocycles. The minimum atomic E-state index is -4.34. The zero-order chi connectivity index (χ0) is 17.7. The van der Waals surface area contributed by atoms with Gasteiger partial charge in [-0.15, -0.1) is 5.10 Å². The SMILES string of the molecule is O=[N+]([O-])c1nccn1Cn1cc(CC(CCC[18F])S(=O)(=O)O)nn1. The van der Waals surface area contributed by atoms with Gasteiger partial charge in [-0.05, 0) is 17.8 Å². The van der Waals surface area contributed by atoms with Gasteiger partial charge < -0.3 is 10.1 Å². The molecule has 1 unspecified atom stereocenters.